The average Bonchev–Trinajstić information content (AvgIpc) is 2.89. The molecule has 18 heavy (non-hydrogen) atoms. The zero-order valence-corrected chi connectivity index (χ0v) is 10.8. The molecule has 2 aromatic heterocycles. The average molecular weight is 261 g/mol. The largest absolute Gasteiger partial charge is 0.375 e. The van der Waals surface area contributed by atoms with Crippen molar-refractivity contribution in [2.24, 2.45) is 0 Å². The summed E-state index contributed by atoms with van der Waals surface area (Å²) in [6.07, 6.45) is 4.76. The van der Waals surface area contributed by atoms with Crippen LogP contribution >= 0.6 is 11.3 Å². The number of aromatic nitrogens is 2. The highest BCUT2D eigenvalue weighted by Gasteiger charge is 2.16. The fourth-order valence-corrected chi connectivity index (χ4v) is 2.87. The second-order valence-corrected chi connectivity index (χ2v) is 5.21. The predicted molar refractivity (Wildman–Crippen MR) is 71.7 cm³/mol. The highest BCUT2D eigenvalue weighted by molar-refractivity contribution is 7.09. The lowest BCUT2D eigenvalue weighted by Gasteiger charge is -2.22. The van der Waals surface area contributed by atoms with Crippen LogP contribution < -0.4 is 5.32 Å². The van der Waals surface area contributed by atoms with Gasteiger partial charge in [0, 0.05) is 42.8 Å². The van der Waals surface area contributed by atoms with Crippen molar-refractivity contribution in [1.82, 2.24) is 15.3 Å². The van der Waals surface area contributed by atoms with Gasteiger partial charge >= 0.3 is 0 Å². The topological polar surface area (TPSA) is 47.0 Å². The molecule has 1 aliphatic rings. The van der Waals surface area contributed by atoms with Crippen molar-refractivity contribution >= 4 is 11.3 Å². The van der Waals surface area contributed by atoms with Gasteiger partial charge in [0.25, 0.3) is 0 Å². The molecule has 5 heteroatoms. The first-order valence-corrected chi connectivity index (χ1v) is 6.97. The normalized spacial score (nSPS) is 19.9. The van der Waals surface area contributed by atoms with Gasteiger partial charge in [-0.15, -0.1) is 11.3 Å². The van der Waals surface area contributed by atoms with Gasteiger partial charge in [-0.25, -0.2) is 4.98 Å². The highest BCUT2D eigenvalue weighted by atomic mass is 32.1. The fraction of sp³-hybridized carbons (Fsp3) is 0.385. The van der Waals surface area contributed by atoms with Crippen LogP contribution in [0.4, 0.5) is 0 Å². The van der Waals surface area contributed by atoms with Crippen LogP contribution in [0.25, 0.3) is 11.3 Å². The van der Waals surface area contributed by atoms with Crippen LogP contribution in [0.5, 0.6) is 0 Å². The molecule has 1 N–H and O–H groups in total. The second kappa shape index (κ2) is 5.56. The summed E-state index contributed by atoms with van der Waals surface area (Å²) in [5, 5.41) is 6.55. The van der Waals surface area contributed by atoms with Crippen LogP contribution in [-0.4, -0.2) is 35.8 Å². The van der Waals surface area contributed by atoms with Gasteiger partial charge in [0.1, 0.15) is 0 Å². The SMILES string of the molecule is c1cncc(-c2csc(CC3CNCCO3)n2)c1. The number of thiazole rings is 1. The molecule has 94 valence electrons. The number of morpholine rings is 1. The quantitative estimate of drug-likeness (QED) is 0.914. The second-order valence-electron chi connectivity index (χ2n) is 4.27. The van der Waals surface area contributed by atoms with Gasteiger partial charge < -0.3 is 10.1 Å². The van der Waals surface area contributed by atoms with Crippen molar-refractivity contribution in [3.05, 3.63) is 34.9 Å². The first kappa shape index (κ1) is 11.8. The molecule has 1 atom stereocenters. The third-order valence-corrected chi connectivity index (χ3v) is 3.79. The Morgan fingerprint density at radius 2 is 2.50 bits per heavy atom. The molecule has 0 bridgehead atoms. The molecule has 0 spiro atoms. The van der Waals surface area contributed by atoms with Gasteiger partial charge in [-0.2, -0.15) is 0 Å². The van der Waals surface area contributed by atoms with Crippen molar-refractivity contribution < 1.29 is 4.74 Å². The summed E-state index contributed by atoms with van der Waals surface area (Å²) in [5.41, 5.74) is 2.08. The minimum Gasteiger partial charge on any atom is -0.375 e. The summed E-state index contributed by atoms with van der Waals surface area (Å²) in [6.45, 7) is 2.67. The van der Waals surface area contributed by atoms with E-state index in [2.05, 4.69) is 20.7 Å². The lowest BCUT2D eigenvalue weighted by Crippen LogP contribution is -2.39. The van der Waals surface area contributed by atoms with E-state index in [0.717, 1.165) is 42.4 Å². The van der Waals surface area contributed by atoms with Crippen molar-refractivity contribution in [1.29, 1.82) is 0 Å². The molecule has 1 fully saturated rings. The Hall–Kier alpha value is -1.30. The van der Waals surface area contributed by atoms with Gasteiger partial charge in [0.15, 0.2) is 0 Å². The number of nitrogens with zero attached hydrogens (tertiary/aromatic N) is 2. The summed E-state index contributed by atoms with van der Waals surface area (Å²) < 4.78 is 5.69. The molecule has 3 rings (SSSR count). The van der Waals surface area contributed by atoms with Crippen LogP contribution in [0.3, 0.4) is 0 Å². The molecular formula is C13H15N3OS. The molecule has 0 radical (unpaired) electrons. The van der Waals surface area contributed by atoms with E-state index in [-0.39, 0.29) is 6.10 Å². The van der Waals surface area contributed by atoms with Gasteiger partial charge in [-0.3, -0.25) is 4.98 Å². The first-order chi connectivity index (χ1) is 8.92. The molecule has 0 aliphatic carbocycles. The summed E-state index contributed by atoms with van der Waals surface area (Å²) in [6, 6.07) is 3.97. The summed E-state index contributed by atoms with van der Waals surface area (Å²) in [7, 11) is 0. The maximum absolute atomic E-state index is 5.69. The van der Waals surface area contributed by atoms with E-state index < -0.39 is 0 Å². The van der Waals surface area contributed by atoms with E-state index in [0.29, 0.717) is 0 Å². The lowest BCUT2D eigenvalue weighted by atomic mass is 10.2. The third-order valence-electron chi connectivity index (χ3n) is 2.92. The molecule has 4 nitrogen and oxygen atoms in total. The monoisotopic (exact) mass is 261 g/mol. The Labute approximate surface area is 110 Å². The summed E-state index contributed by atoms with van der Waals surface area (Å²) >= 11 is 1.69. The van der Waals surface area contributed by atoms with Gasteiger partial charge in [-0.05, 0) is 12.1 Å². The van der Waals surface area contributed by atoms with Gasteiger partial charge in [0.2, 0.25) is 0 Å². The summed E-state index contributed by atoms with van der Waals surface area (Å²) in [5.74, 6) is 0. The maximum atomic E-state index is 5.69. The molecule has 0 amide bonds. The van der Waals surface area contributed by atoms with E-state index in [1.165, 1.54) is 0 Å². The van der Waals surface area contributed by atoms with Gasteiger partial charge in [-0.1, -0.05) is 0 Å². The molecule has 3 heterocycles. The van der Waals surface area contributed by atoms with Crippen LogP contribution in [-0.2, 0) is 11.2 Å². The van der Waals surface area contributed by atoms with Crippen LogP contribution in [0.15, 0.2) is 29.9 Å². The standard InChI is InChI=1S/C13H15N3OS/c1-2-10(7-14-3-1)12-9-18-13(16-12)6-11-8-15-4-5-17-11/h1-3,7,9,11,15H,4-6,8H2. The minimum absolute atomic E-state index is 0.256. The maximum Gasteiger partial charge on any atom is 0.0959 e. The smallest absolute Gasteiger partial charge is 0.0959 e. The highest BCUT2D eigenvalue weighted by Crippen LogP contribution is 2.22. The Morgan fingerprint density at radius 1 is 1.50 bits per heavy atom. The van der Waals surface area contributed by atoms with Crippen molar-refractivity contribution in [2.75, 3.05) is 19.7 Å². The van der Waals surface area contributed by atoms with Crippen LogP contribution in [0.1, 0.15) is 5.01 Å². The molecule has 1 aliphatic heterocycles. The van der Waals surface area contributed by atoms with Crippen LogP contribution in [0.2, 0.25) is 0 Å². The number of hydrogen-bond donors (Lipinski definition) is 1. The molecular weight excluding hydrogens is 246 g/mol. The van der Waals surface area contributed by atoms with Crippen molar-refractivity contribution in [3.63, 3.8) is 0 Å². The summed E-state index contributed by atoms with van der Waals surface area (Å²) in [4.78, 5) is 8.76. The lowest BCUT2D eigenvalue weighted by molar-refractivity contribution is 0.0292. The van der Waals surface area contributed by atoms with E-state index in [9.17, 15) is 0 Å². The van der Waals surface area contributed by atoms with Crippen molar-refractivity contribution in [3.8, 4) is 11.3 Å². The number of hydrogen-bond acceptors (Lipinski definition) is 5. The first-order valence-electron chi connectivity index (χ1n) is 6.09. The van der Waals surface area contributed by atoms with E-state index in [1.54, 1.807) is 17.5 Å². The molecule has 0 saturated carbocycles. The third kappa shape index (κ3) is 2.75. The zero-order chi connectivity index (χ0) is 12.2. The Kier molecular flexibility index (Phi) is 3.64. The number of pyridine rings is 1. The molecule has 1 unspecified atom stereocenters. The molecule has 0 aromatic carbocycles. The number of nitrogens with one attached hydrogen (secondary N) is 1. The Balaban J connectivity index is 1.69. The van der Waals surface area contributed by atoms with Gasteiger partial charge in [0.05, 0.1) is 23.4 Å². The Morgan fingerprint density at radius 3 is 3.28 bits per heavy atom. The fourth-order valence-electron chi connectivity index (χ4n) is 2.00. The molecule has 1 saturated heterocycles. The van der Waals surface area contributed by atoms with Crippen molar-refractivity contribution in [2.45, 2.75) is 12.5 Å². The number of ether oxygens (including phenoxy) is 1. The minimum atomic E-state index is 0.256. The van der Waals surface area contributed by atoms with E-state index in [1.807, 2.05) is 18.3 Å². The van der Waals surface area contributed by atoms with E-state index >= 15 is 0 Å². The molecule has 2 aromatic rings. The van der Waals surface area contributed by atoms with E-state index in [4.69, 9.17) is 4.74 Å². The number of rotatable bonds is 3. The van der Waals surface area contributed by atoms with Crippen LogP contribution in [0, 0.1) is 0 Å². The zero-order valence-electron chi connectivity index (χ0n) is 10.0. The Bertz CT molecular complexity index is 494. The predicted octanol–water partition coefficient (Wildman–Crippen LogP) is 1.74.